The lowest BCUT2D eigenvalue weighted by molar-refractivity contribution is 0.0951. The predicted molar refractivity (Wildman–Crippen MR) is 125 cm³/mol. The number of nitrogens with one attached hydrogen (secondary N) is 1. The van der Waals surface area contributed by atoms with Crippen LogP contribution in [0.3, 0.4) is 0 Å². The molecule has 0 saturated carbocycles. The molecule has 4 rings (SSSR count). The summed E-state index contributed by atoms with van der Waals surface area (Å²) in [6.07, 6.45) is 0. The molecular weight excluding hydrogens is 437 g/mol. The molecule has 8 heteroatoms. The van der Waals surface area contributed by atoms with Crippen LogP contribution in [0, 0.1) is 5.82 Å². The molecule has 0 spiro atoms. The Morgan fingerprint density at radius 2 is 1.74 bits per heavy atom. The lowest BCUT2D eigenvalue weighted by Gasteiger charge is -2.10. The summed E-state index contributed by atoms with van der Waals surface area (Å²) in [7, 11) is 1.60. The lowest BCUT2D eigenvalue weighted by Crippen LogP contribution is -2.23. The molecule has 7 nitrogen and oxygen atoms in total. The van der Waals surface area contributed by atoms with Gasteiger partial charge in [-0.15, -0.1) is 5.10 Å². The molecule has 4 aromatic rings. The van der Waals surface area contributed by atoms with Gasteiger partial charge < -0.3 is 14.8 Å². The Kier molecular flexibility index (Phi) is 6.98. The minimum Gasteiger partial charge on any atom is -0.497 e. The summed E-state index contributed by atoms with van der Waals surface area (Å²) in [6.45, 7) is 0.479. The molecule has 0 bridgehead atoms. The van der Waals surface area contributed by atoms with Gasteiger partial charge in [0.25, 0.3) is 11.5 Å². The average Bonchev–Trinajstić information content (AvgIpc) is 2.87. The molecule has 0 unspecified atom stereocenters. The van der Waals surface area contributed by atoms with Crippen LogP contribution in [0.4, 0.5) is 4.39 Å². The summed E-state index contributed by atoms with van der Waals surface area (Å²) < 4.78 is 25.4. The molecule has 0 atom stereocenters. The van der Waals surface area contributed by atoms with Crippen molar-refractivity contribution in [3.8, 4) is 17.3 Å². The number of ether oxygens (including phenoxy) is 2. The zero-order valence-corrected chi connectivity index (χ0v) is 18.4. The van der Waals surface area contributed by atoms with Gasteiger partial charge in [0.15, 0.2) is 0 Å². The smallest absolute Gasteiger partial charge is 0.271 e. The van der Waals surface area contributed by atoms with Gasteiger partial charge in [-0.1, -0.05) is 24.3 Å². The van der Waals surface area contributed by atoms with Crippen LogP contribution in [0.15, 0.2) is 89.7 Å². The Morgan fingerprint density at radius 1 is 0.971 bits per heavy atom. The Labute approximate surface area is 195 Å². The Balaban J connectivity index is 1.42. The topological polar surface area (TPSA) is 82.5 Å². The summed E-state index contributed by atoms with van der Waals surface area (Å²) in [5, 5.41) is 7.02. The summed E-state index contributed by atoms with van der Waals surface area (Å²) >= 11 is 0. The van der Waals surface area contributed by atoms with Crippen LogP contribution in [0.2, 0.25) is 0 Å². The second-order valence-electron chi connectivity index (χ2n) is 7.42. The summed E-state index contributed by atoms with van der Waals surface area (Å²) in [5.74, 6) is 0.366. The van der Waals surface area contributed by atoms with Gasteiger partial charge in [0.1, 0.15) is 18.2 Å². The van der Waals surface area contributed by atoms with E-state index in [0.29, 0.717) is 16.8 Å². The molecule has 0 aliphatic heterocycles. The van der Waals surface area contributed by atoms with E-state index in [2.05, 4.69) is 10.4 Å². The predicted octanol–water partition coefficient (Wildman–Crippen LogP) is 3.89. The first-order valence-corrected chi connectivity index (χ1v) is 10.5. The second kappa shape index (κ2) is 10.4. The average molecular weight is 459 g/mol. The number of aromatic nitrogens is 2. The van der Waals surface area contributed by atoms with Crippen LogP contribution in [-0.2, 0) is 13.2 Å². The van der Waals surface area contributed by atoms with Gasteiger partial charge in [-0.3, -0.25) is 9.59 Å². The highest BCUT2D eigenvalue weighted by molar-refractivity contribution is 5.94. The van der Waals surface area contributed by atoms with E-state index in [4.69, 9.17) is 9.47 Å². The number of halogens is 1. The van der Waals surface area contributed by atoms with Gasteiger partial charge in [0.05, 0.1) is 12.8 Å². The van der Waals surface area contributed by atoms with E-state index in [-0.39, 0.29) is 36.3 Å². The minimum absolute atomic E-state index is 0.201. The van der Waals surface area contributed by atoms with E-state index in [1.54, 1.807) is 43.5 Å². The van der Waals surface area contributed by atoms with Crippen LogP contribution < -0.4 is 20.3 Å². The molecule has 0 radical (unpaired) electrons. The number of carbonyl (C=O) groups excluding carboxylic acids is 1. The molecule has 0 aliphatic carbocycles. The molecule has 3 aromatic carbocycles. The molecule has 0 fully saturated rings. The fraction of sp³-hybridized carbons (Fsp3) is 0.115. The molecule has 0 aliphatic rings. The van der Waals surface area contributed by atoms with Crippen molar-refractivity contribution in [2.24, 2.45) is 0 Å². The van der Waals surface area contributed by atoms with Gasteiger partial charge in [-0.2, -0.15) is 4.68 Å². The number of benzene rings is 3. The van der Waals surface area contributed by atoms with Crippen molar-refractivity contribution in [3.05, 3.63) is 118 Å². The third kappa shape index (κ3) is 5.66. The summed E-state index contributed by atoms with van der Waals surface area (Å²) in [6, 6.07) is 22.8. The largest absolute Gasteiger partial charge is 0.497 e. The van der Waals surface area contributed by atoms with Crippen LogP contribution in [0.1, 0.15) is 21.5 Å². The highest BCUT2D eigenvalue weighted by atomic mass is 19.1. The van der Waals surface area contributed by atoms with Crippen molar-refractivity contribution in [2.45, 2.75) is 13.2 Å². The van der Waals surface area contributed by atoms with Gasteiger partial charge in [0.2, 0.25) is 5.88 Å². The fourth-order valence-electron chi connectivity index (χ4n) is 3.22. The van der Waals surface area contributed by atoms with Crippen molar-refractivity contribution in [1.82, 2.24) is 15.1 Å². The first kappa shape index (κ1) is 22.7. The highest BCUT2D eigenvalue weighted by Gasteiger charge is 2.09. The number of nitrogens with zero attached hydrogens (tertiary/aromatic N) is 2. The van der Waals surface area contributed by atoms with Gasteiger partial charge in [-0.05, 0) is 59.7 Å². The number of amides is 1. The van der Waals surface area contributed by atoms with Crippen LogP contribution in [-0.4, -0.2) is 22.8 Å². The number of methoxy groups -OCH3 is 1. The number of hydrogen-bond acceptors (Lipinski definition) is 5. The highest BCUT2D eigenvalue weighted by Crippen LogP contribution is 2.14. The Bertz CT molecular complexity index is 1340. The first-order chi connectivity index (χ1) is 16.5. The zero-order chi connectivity index (χ0) is 23.9. The van der Waals surface area contributed by atoms with Crippen molar-refractivity contribution < 1.29 is 18.7 Å². The normalized spacial score (nSPS) is 10.5. The van der Waals surface area contributed by atoms with Crippen molar-refractivity contribution in [3.63, 3.8) is 0 Å². The summed E-state index contributed by atoms with van der Waals surface area (Å²) in [5.41, 5.74) is 2.14. The van der Waals surface area contributed by atoms with Crippen molar-refractivity contribution in [1.29, 1.82) is 0 Å². The fourth-order valence-corrected chi connectivity index (χ4v) is 3.22. The van der Waals surface area contributed by atoms with E-state index in [1.807, 2.05) is 24.3 Å². The third-order valence-corrected chi connectivity index (χ3v) is 5.04. The molecule has 1 aromatic heterocycles. The molecule has 1 amide bonds. The second-order valence-corrected chi connectivity index (χ2v) is 7.42. The monoisotopic (exact) mass is 459 g/mol. The lowest BCUT2D eigenvalue weighted by atomic mass is 10.1. The minimum atomic E-state index is -0.357. The number of rotatable bonds is 8. The maximum absolute atomic E-state index is 13.3. The maximum Gasteiger partial charge on any atom is 0.271 e. The third-order valence-electron chi connectivity index (χ3n) is 5.04. The molecule has 0 saturated heterocycles. The SMILES string of the molecule is COc1ccc(COc2ccc(=O)n(-c3ccc(C(=O)NCc4cccc(F)c4)cc3)n2)cc1. The summed E-state index contributed by atoms with van der Waals surface area (Å²) in [4.78, 5) is 24.8. The quantitative estimate of drug-likeness (QED) is 0.432. The first-order valence-electron chi connectivity index (χ1n) is 10.5. The molecule has 1 N–H and O–H groups in total. The molecule has 1 heterocycles. The van der Waals surface area contributed by atoms with E-state index in [0.717, 1.165) is 11.3 Å². The van der Waals surface area contributed by atoms with Crippen molar-refractivity contribution in [2.75, 3.05) is 7.11 Å². The Morgan fingerprint density at radius 3 is 2.44 bits per heavy atom. The van der Waals surface area contributed by atoms with E-state index < -0.39 is 0 Å². The van der Waals surface area contributed by atoms with Crippen LogP contribution in [0.25, 0.3) is 5.69 Å². The maximum atomic E-state index is 13.3. The van der Waals surface area contributed by atoms with Gasteiger partial charge in [-0.25, -0.2) is 4.39 Å². The van der Waals surface area contributed by atoms with Gasteiger partial charge >= 0.3 is 0 Å². The number of hydrogen-bond donors (Lipinski definition) is 1. The van der Waals surface area contributed by atoms with Crippen LogP contribution in [0.5, 0.6) is 11.6 Å². The Hall–Kier alpha value is -4.46. The van der Waals surface area contributed by atoms with E-state index >= 15 is 0 Å². The molecular formula is C26H22FN3O4. The van der Waals surface area contributed by atoms with Crippen molar-refractivity contribution >= 4 is 5.91 Å². The molecule has 34 heavy (non-hydrogen) atoms. The van der Waals surface area contributed by atoms with Gasteiger partial charge in [0, 0.05) is 24.2 Å². The van der Waals surface area contributed by atoms with Crippen LogP contribution >= 0.6 is 0 Å². The molecule has 172 valence electrons. The van der Waals surface area contributed by atoms with E-state index in [1.165, 1.54) is 28.9 Å². The zero-order valence-electron chi connectivity index (χ0n) is 18.4. The van der Waals surface area contributed by atoms with E-state index in [9.17, 15) is 14.0 Å². The standard InChI is InChI=1S/C26H22FN3O4/c1-33-23-11-5-18(6-12-23)17-34-24-13-14-25(31)30(29-24)22-9-7-20(8-10-22)26(32)28-16-19-3-2-4-21(27)15-19/h2-15H,16-17H2,1H3,(H,28,32). The number of carbonyl (C=O) groups is 1.